The molecule has 2 aliphatic rings. The van der Waals surface area contributed by atoms with Crippen LogP contribution in [0, 0.1) is 5.92 Å². The van der Waals surface area contributed by atoms with Crippen molar-refractivity contribution >= 4 is 12.0 Å². The Kier molecular flexibility index (Phi) is 4.78. The first-order valence-corrected chi connectivity index (χ1v) is 8.83. The molecule has 1 aromatic rings. The van der Waals surface area contributed by atoms with Crippen LogP contribution < -0.4 is 5.32 Å². The Labute approximate surface area is 143 Å². The summed E-state index contributed by atoms with van der Waals surface area (Å²) >= 11 is 0. The maximum Gasteiger partial charge on any atom is 0.317 e. The number of nitrogens with one attached hydrogen (secondary N) is 1. The average molecular weight is 330 g/mol. The molecule has 1 heterocycles. The quantitative estimate of drug-likeness (QED) is 0.895. The molecule has 1 fully saturated rings. The molecule has 0 aromatic heterocycles. The molecule has 1 aromatic carbocycles. The predicted molar refractivity (Wildman–Crippen MR) is 92.1 cm³/mol. The molecule has 3 rings (SSSR count). The minimum absolute atomic E-state index is 0.0491. The number of carboxylic acids is 1. The smallest absolute Gasteiger partial charge is 0.317 e. The highest BCUT2D eigenvalue weighted by atomic mass is 16.4. The van der Waals surface area contributed by atoms with E-state index in [4.69, 9.17) is 5.11 Å². The Bertz CT molecular complexity index is 631. The second-order valence-electron chi connectivity index (χ2n) is 7.35. The molecule has 0 bridgehead atoms. The number of aryl methyl sites for hydroxylation is 1. The molecular formula is C19H26N2O3. The number of hydrogen-bond acceptors (Lipinski definition) is 2. The zero-order valence-electron chi connectivity index (χ0n) is 14.3. The summed E-state index contributed by atoms with van der Waals surface area (Å²) in [6.45, 7) is 3.76. The van der Waals surface area contributed by atoms with Gasteiger partial charge in [-0.25, -0.2) is 4.79 Å². The van der Waals surface area contributed by atoms with E-state index in [1.807, 2.05) is 0 Å². The van der Waals surface area contributed by atoms with E-state index in [1.54, 1.807) is 4.90 Å². The number of benzene rings is 1. The van der Waals surface area contributed by atoms with Gasteiger partial charge in [-0.1, -0.05) is 31.2 Å². The monoisotopic (exact) mass is 330 g/mol. The number of fused-ring (bicyclic) bond motifs is 1. The van der Waals surface area contributed by atoms with Gasteiger partial charge in [0.25, 0.3) is 0 Å². The van der Waals surface area contributed by atoms with Crippen molar-refractivity contribution in [1.29, 1.82) is 0 Å². The van der Waals surface area contributed by atoms with Crippen LogP contribution in [0.3, 0.4) is 0 Å². The van der Waals surface area contributed by atoms with Crippen molar-refractivity contribution in [3.05, 3.63) is 35.4 Å². The van der Waals surface area contributed by atoms with E-state index >= 15 is 0 Å². The minimum atomic E-state index is -0.805. The van der Waals surface area contributed by atoms with E-state index in [1.165, 1.54) is 11.1 Å². The first-order chi connectivity index (χ1) is 11.5. The first-order valence-electron chi connectivity index (χ1n) is 8.83. The number of piperidine rings is 1. The number of likely N-dealkylation sites (tertiary alicyclic amines) is 1. The van der Waals surface area contributed by atoms with Crippen LogP contribution in [0.1, 0.15) is 43.7 Å². The summed E-state index contributed by atoms with van der Waals surface area (Å²) in [5.41, 5.74) is 2.66. The number of amides is 2. The second kappa shape index (κ2) is 6.83. The van der Waals surface area contributed by atoms with Crippen molar-refractivity contribution in [3.63, 3.8) is 0 Å². The third kappa shape index (κ3) is 3.40. The van der Waals surface area contributed by atoms with Gasteiger partial charge in [-0.3, -0.25) is 4.79 Å². The lowest BCUT2D eigenvalue weighted by molar-refractivity contribution is -0.143. The fraction of sp³-hybridized carbons (Fsp3) is 0.579. The van der Waals surface area contributed by atoms with Crippen LogP contribution in [0.15, 0.2) is 24.3 Å². The fourth-order valence-electron chi connectivity index (χ4n) is 4.06. The Morgan fingerprint density at radius 1 is 1.33 bits per heavy atom. The normalized spacial score (nSPS) is 26.5. The summed E-state index contributed by atoms with van der Waals surface area (Å²) in [5.74, 6) is -1.24. The van der Waals surface area contributed by atoms with Gasteiger partial charge in [0.2, 0.25) is 0 Å². The molecule has 0 radical (unpaired) electrons. The summed E-state index contributed by atoms with van der Waals surface area (Å²) in [5, 5.41) is 12.2. The maximum atomic E-state index is 12.5. The molecule has 24 heavy (non-hydrogen) atoms. The largest absolute Gasteiger partial charge is 0.481 e. The van der Waals surface area contributed by atoms with Crippen molar-refractivity contribution in [3.8, 4) is 0 Å². The van der Waals surface area contributed by atoms with Crippen LogP contribution in [0.2, 0.25) is 0 Å². The van der Waals surface area contributed by atoms with Crippen LogP contribution in [-0.2, 0) is 16.6 Å². The van der Waals surface area contributed by atoms with Crippen LogP contribution in [0.5, 0.6) is 0 Å². The molecule has 0 saturated carbocycles. The lowest BCUT2D eigenvalue weighted by Gasteiger charge is -2.37. The van der Waals surface area contributed by atoms with Crippen molar-refractivity contribution in [2.75, 3.05) is 19.6 Å². The summed E-state index contributed by atoms with van der Waals surface area (Å²) in [4.78, 5) is 25.3. The Hall–Kier alpha value is -2.04. The maximum absolute atomic E-state index is 12.5. The average Bonchev–Trinajstić information content (AvgIpc) is 2.60. The van der Waals surface area contributed by atoms with Gasteiger partial charge < -0.3 is 15.3 Å². The number of urea groups is 1. The van der Waals surface area contributed by atoms with E-state index in [0.717, 1.165) is 25.7 Å². The van der Waals surface area contributed by atoms with Crippen LogP contribution in [0.25, 0.3) is 0 Å². The number of nitrogens with zero attached hydrogens (tertiary/aromatic N) is 1. The number of carbonyl (C=O) groups excluding carboxylic acids is 1. The van der Waals surface area contributed by atoms with Crippen molar-refractivity contribution in [2.45, 2.75) is 44.4 Å². The molecule has 1 aliphatic heterocycles. The summed E-state index contributed by atoms with van der Waals surface area (Å²) in [7, 11) is 0. The third-order valence-electron chi connectivity index (χ3n) is 5.53. The van der Waals surface area contributed by atoms with Crippen molar-refractivity contribution < 1.29 is 14.7 Å². The second-order valence-corrected chi connectivity index (χ2v) is 7.35. The molecule has 2 unspecified atom stereocenters. The van der Waals surface area contributed by atoms with E-state index in [-0.39, 0.29) is 11.4 Å². The van der Waals surface area contributed by atoms with Gasteiger partial charge in [-0.15, -0.1) is 0 Å². The molecule has 1 saturated heterocycles. The number of carbonyl (C=O) groups is 2. The number of rotatable bonds is 3. The number of aliphatic carboxylic acids is 1. The standard InChI is InChI=1S/C19H26N2O3/c1-19(10-4-7-14-6-2-3-9-16(14)19)13-20-18(24)21-11-5-8-15(12-21)17(22)23/h2-3,6,9,15H,4-5,7-8,10-13H2,1H3,(H,20,24)(H,22,23). The topological polar surface area (TPSA) is 69.6 Å². The minimum Gasteiger partial charge on any atom is -0.481 e. The van der Waals surface area contributed by atoms with Gasteiger partial charge in [0.05, 0.1) is 5.92 Å². The van der Waals surface area contributed by atoms with Crippen molar-refractivity contribution in [2.24, 2.45) is 5.92 Å². The van der Waals surface area contributed by atoms with Gasteiger partial charge in [0.15, 0.2) is 0 Å². The molecule has 130 valence electrons. The molecule has 5 nitrogen and oxygen atoms in total. The lowest BCUT2D eigenvalue weighted by Crippen LogP contribution is -2.50. The third-order valence-corrected chi connectivity index (χ3v) is 5.53. The molecule has 2 amide bonds. The van der Waals surface area contributed by atoms with Gasteiger partial charge in [-0.2, -0.15) is 0 Å². The predicted octanol–water partition coefficient (Wildman–Crippen LogP) is 2.79. The van der Waals surface area contributed by atoms with E-state index < -0.39 is 11.9 Å². The summed E-state index contributed by atoms with van der Waals surface area (Å²) in [6.07, 6.45) is 4.71. The molecule has 2 atom stereocenters. The number of carboxylic acid groups (broad SMARTS) is 1. The number of hydrogen-bond donors (Lipinski definition) is 2. The summed E-state index contributed by atoms with van der Waals surface area (Å²) < 4.78 is 0. The SMILES string of the molecule is CC1(CNC(=O)N2CCCC(C(=O)O)C2)CCCc2ccccc21. The fourth-order valence-corrected chi connectivity index (χ4v) is 4.06. The zero-order chi connectivity index (χ0) is 17.2. The Balaban J connectivity index is 1.63. The van der Waals surface area contributed by atoms with Gasteiger partial charge in [0.1, 0.15) is 0 Å². The van der Waals surface area contributed by atoms with Crippen LogP contribution >= 0.6 is 0 Å². The lowest BCUT2D eigenvalue weighted by atomic mass is 9.71. The first kappa shape index (κ1) is 16.8. The highest BCUT2D eigenvalue weighted by Gasteiger charge is 2.33. The van der Waals surface area contributed by atoms with Gasteiger partial charge in [0, 0.05) is 25.0 Å². The molecular weight excluding hydrogens is 304 g/mol. The van der Waals surface area contributed by atoms with Crippen molar-refractivity contribution in [1.82, 2.24) is 10.2 Å². The van der Waals surface area contributed by atoms with E-state index in [0.29, 0.717) is 26.1 Å². The Morgan fingerprint density at radius 3 is 2.92 bits per heavy atom. The molecule has 5 heteroatoms. The van der Waals surface area contributed by atoms with E-state index in [2.05, 4.69) is 36.5 Å². The van der Waals surface area contributed by atoms with Crippen LogP contribution in [-0.4, -0.2) is 41.6 Å². The molecule has 1 aliphatic carbocycles. The molecule has 0 spiro atoms. The van der Waals surface area contributed by atoms with Gasteiger partial charge in [-0.05, 0) is 43.2 Å². The highest BCUT2D eigenvalue weighted by Crippen LogP contribution is 2.36. The Morgan fingerprint density at radius 2 is 2.12 bits per heavy atom. The van der Waals surface area contributed by atoms with Crippen LogP contribution in [0.4, 0.5) is 4.79 Å². The molecule has 2 N–H and O–H groups in total. The van der Waals surface area contributed by atoms with Gasteiger partial charge >= 0.3 is 12.0 Å². The highest BCUT2D eigenvalue weighted by molar-refractivity contribution is 5.76. The summed E-state index contributed by atoms with van der Waals surface area (Å²) in [6, 6.07) is 8.35. The zero-order valence-corrected chi connectivity index (χ0v) is 14.3. The van der Waals surface area contributed by atoms with E-state index in [9.17, 15) is 9.59 Å².